The molecule has 1 heterocycles. The Balaban J connectivity index is 1.60. The molecular weight excluding hydrogens is 340 g/mol. The summed E-state index contributed by atoms with van der Waals surface area (Å²) in [5, 5.41) is 1.40. The highest BCUT2D eigenvalue weighted by Crippen LogP contribution is 2.25. The largest absolute Gasteiger partial charge is 0.449 e. The van der Waals surface area contributed by atoms with Crippen molar-refractivity contribution in [2.24, 2.45) is 0 Å². The van der Waals surface area contributed by atoms with Gasteiger partial charge in [0.2, 0.25) is 0 Å². The van der Waals surface area contributed by atoms with Crippen molar-refractivity contribution in [3.05, 3.63) is 75.4 Å². The molecule has 3 aromatic rings. The summed E-state index contributed by atoms with van der Waals surface area (Å²) in [5.41, 5.74) is 4.21. The second kappa shape index (κ2) is 9.09. The van der Waals surface area contributed by atoms with E-state index in [4.69, 9.17) is 4.42 Å². The molecule has 0 N–H and O–H groups in total. The highest BCUT2D eigenvalue weighted by atomic mass is 32.2. The molecule has 0 saturated heterocycles. The maximum atomic E-state index is 12.5. The summed E-state index contributed by atoms with van der Waals surface area (Å²) in [6.45, 7) is 4.09. The molecule has 0 saturated carbocycles. The van der Waals surface area contributed by atoms with E-state index in [1.165, 1.54) is 36.8 Å². The number of aryl methyl sites for hydroxylation is 2. The molecule has 0 radical (unpaired) electrons. The summed E-state index contributed by atoms with van der Waals surface area (Å²) in [7, 11) is 0. The van der Waals surface area contributed by atoms with E-state index in [1.807, 2.05) is 31.2 Å². The fourth-order valence-electron chi connectivity index (χ4n) is 3.07. The third kappa shape index (κ3) is 4.59. The van der Waals surface area contributed by atoms with Gasteiger partial charge in [-0.2, -0.15) is 0 Å². The molecule has 0 spiro atoms. The normalized spacial score (nSPS) is 11.2. The number of thioether (sulfide) groups is 1. The van der Waals surface area contributed by atoms with Crippen molar-refractivity contribution in [2.45, 2.75) is 51.0 Å². The van der Waals surface area contributed by atoms with Crippen molar-refractivity contribution in [3.63, 3.8) is 0 Å². The molecule has 0 amide bonds. The minimum absolute atomic E-state index is 0.0748. The van der Waals surface area contributed by atoms with E-state index in [0.29, 0.717) is 16.5 Å². The van der Waals surface area contributed by atoms with Crippen LogP contribution < -0.4 is 5.43 Å². The molecule has 0 aliphatic carbocycles. The minimum Gasteiger partial charge on any atom is -0.449 e. The molecule has 26 heavy (non-hydrogen) atoms. The average molecular weight is 367 g/mol. The molecule has 0 fully saturated rings. The van der Waals surface area contributed by atoms with Crippen molar-refractivity contribution < 1.29 is 4.42 Å². The van der Waals surface area contributed by atoms with Crippen LogP contribution in [0.5, 0.6) is 0 Å². The van der Waals surface area contributed by atoms with Crippen LogP contribution in [0.3, 0.4) is 0 Å². The quantitative estimate of drug-likeness (QED) is 0.353. The molecule has 2 aromatic carbocycles. The molecule has 3 rings (SSSR count). The van der Waals surface area contributed by atoms with Gasteiger partial charge >= 0.3 is 0 Å². The monoisotopic (exact) mass is 366 g/mol. The lowest BCUT2D eigenvalue weighted by atomic mass is 10.0. The molecule has 0 bridgehead atoms. The number of hydrogen-bond donors (Lipinski definition) is 0. The molecule has 0 atom stereocenters. The first kappa shape index (κ1) is 18.8. The fraction of sp³-hybridized carbons (Fsp3) is 0.348. The van der Waals surface area contributed by atoms with E-state index in [1.54, 1.807) is 11.8 Å². The Hall–Kier alpha value is -2.00. The molecule has 0 aliphatic rings. The van der Waals surface area contributed by atoms with Gasteiger partial charge < -0.3 is 4.42 Å². The second-order valence-electron chi connectivity index (χ2n) is 6.71. The first-order valence-corrected chi connectivity index (χ1v) is 10.4. The Morgan fingerprint density at radius 2 is 1.62 bits per heavy atom. The number of unbranched alkanes of at least 4 members (excludes halogenated alkanes) is 2. The number of benzene rings is 2. The van der Waals surface area contributed by atoms with Gasteiger partial charge in [0.1, 0.15) is 5.58 Å². The van der Waals surface area contributed by atoms with Crippen molar-refractivity contribution >= 4 is 22.7 Å². The van der Waals surface area contributed by atoms with Crippen LogP contribution >= 0.6 is 11.8 Å². The molecule has 0 aliphatic heterocycles. The summed E-state index contributed by atoms with van der Waals surface area (Å²) in [6, 6.07) is 16.4. The Kier molecular flexibility index (Phi) is 6.56. The van der Waals surface area contributed by atoms with Crippen molar-refractivity contribution in [2.75, 3.05) is 5.75 Å². The Bertz CT molecular complexity index is 910. The van der Waals surface area contributed by atoms with E-state index in [9.17, 15) is 4.79 Å². The third-order valence-electron chi connectivity index (χ3n) is 4.70. The maximum absolute atomic E-state index is 12.5. The lowest BCUT2D eigenvalue weighted by Crippen LogP contribution is -2.06. The summed E-state index contributed by atoms with van der Waals surface area (Å²) >= 11 is 1.63. The zero-order chi connectivity index (χ0) is 18.4. The first-order valence-electron chi connectivity index (χ1n) is 9.42. The topological polar surface area (TPSA) is 30.2 Å². The second-order valence-corrected chi connectivity index (χ2v) is 7.78. The van der Waals surface area contributed by atoms with Gasteiger partial charge in [0.25, 0.3) is 0 Å². The smallest absolute Gasteiger partial charge is 0.196 e. The van der Waals surface area contributed by atoms with Crippen LogP contribution in [0.25, 0.3) is 11.0 Å². The fourth-order valence-corrected chi connectivity index (χ4v) is 4.05. The standard InChI is InChI=1S/C23H26O2S/c1-3-4-5-8-18-11-13-19(14-12-18)15-16-26-23-17(2)22(24)20-9-6-7-10-21(20)25-23/h6-7,9-14H,3-5,8,15-16H2,1-2H3. The van der Waals surface area contributed by atoms with Crippen LogP contribution in [0.4, 0.5) is 0 Å². The lowest BCUT2D eigenvalue weighted by Gasteiger charge is -2.07. The van der Waals surface area contributed by atoms with Gasteiger partial charge in [-0.25, -0.2) is 0 Å². The van der Waals surface area contributed by atoms with Crippen LogP contribution in [0.15, 0.2) is 62.8 Å². The number of para-hydroxylation sites is 1. The predicted octanol–water partition coefficient (Wildman–Crippen LogP) is 6.17. The van der Waals surface area contributed by atoms with Crippen LogP contribution in [0, 0.1) is 6.92 Å². The molecular formula is C23H26O2S. The summed E-state index contributed by atoms with van der Waals surface area (Å²) in [4.78, 5) is 12.5. The predicted molar refractivity (Wildman–Crippen MR) is 111 cm³/mol. The van der Waals surface area contributed by atoms with E-state index in [2.05, 4.69) is 31.2 Å². The van der Waals surface area contributed by atoms with Gasteiger partial charge in [-0.3, -0.25) is 4.79 Å². The van der Waals surface area contributed by atoms with Crippen molar-refractivity contribution in [1.82, 2.24) is 0 Å². The summed E-state index contributed by atoms with van der Waals surface area (Å²) in [6.07, 6.45) is 5.97. The molecule has 0 unspecified atom stereocenters. The SMILES string of the molecule is CCCCCc1ccc(CCSc2oc3ccccc3c(=O)c2C)cc1. The highest BCUT2D eigenvalue weighted by molar-refractivity contribution is 7.99. The molecule has 1 aromatic heterocycles. The van der Waals surface area contributed by atoms with Crippen molar-refractivity contribution in [3.8, 4) is 0 Å². The Labute approximate surface area is 159 Å². The number of fused-ring (bicyclic) bond motifs is 1. The summed E-state index contributed by atoms with van der Waals surface area (Å²) < 4.78 is 5.95. The zero-order valence-electron chi connectivity index (χ0n) is 15.6. The van der Waals surface area contributed by atoms with Gasteiger partial charge in [0.15, 0.2) is 10.5 Å². The highest BCUT2D eigenvalue weighted by Gasteiger charge is 2.10. The van der Waals surface area contributed by atoms with E-state index < -0.39 is 0 Å². The van der Waals surface area contributed by atoms with Crippen LogP contribution in [0.1, 0.15) is 42.9 Å². The molecule has 136 valence electrons. The lowest BCUT2D eigenvalue weighted by molar-refractivity contribution is 0.492. The number of rotatable bonds is 8. The average Bonchev–Trinajstić information content (AvgIpc) is 2.67. The minimum atomic E-state index is 0.0748. The van der Waals surface area contributed by atoms with E-state index >= 15 is 0 Å². The van der Waals surface area contributed by atoms with Gasteiger partial charge in [-0.1, -0.05) is 67.9 Å². The van der Waals surface area contributed by atoms with Crippen molar-refractivity contribution in [1.29, 1.82) is 0 Å². The molecule has 3 heteroatoms. The Morgan fingerprint density at radius 3 is 2.35 bits per heavy atom. The first-order chi connectivity index (χ1) is 12.7. The van der Waals surface area contributed by atoms with Crippen LogP contribution in [-0.4, -0.2) is 5.75 Å². The van der Waals surface area contributed by atoms with Crippen LogP contribution in [0.2, 0.25) is 0 Å². The zero-order valence-corrected chi connectivity index (χ0v) is 16.4. The van der Waals surface area contributed by atoms with Gasteiger partial charge in [-0.05, 0) is 49.4 Å². The van der Waals surface area contributed by atoms with Gasteiger partial charge in [-0.15, -0.1) is 0 Å². The van der Waals surface area contributed by atoms with E-state index in [-0.39, 0.29) is 5.43 Å². The molecule has 2 nitrogen and oxygen atoms in total. The Morgan fingerprint density at radius 1 is 0.923 bits per heavy atom. The maximum Gasteiger partial charge on any atom is 0.196 e. The van der Waals surface area contributed by atoms with Crippen LogP contribution in [-0.2, 0) is 12.8 Å². The van der Waals surface area contributed by atoms with Gasteiger partial charge in [0, 0.05) is 11.3 Å². The van der Waals surface area contributed by atoms with Gasteiger partial charge in [0.05, 0.1) is 5.39 Å². The summed E-state index contributed by atoms with van der Waals surface area (Å²) in [5.74, 6) is 0.900. The third-order valence-corrected chi connectivity index (χ3v) is 5.76. The number of hydrogen-bond acceptors (Lipinski definition) is 3. The van der Waals surface area contributed by atoms with E-state index in [0.717, 1.165) is 17.3 Å².